The molecule has 10 nitrogen and oxygen atoms in total. The van der Waals surface area contributed by atoms with Gasteiger partial charge in [-0.3, -0.25) is 4.79 Å². The number of alkyl halides is 2. The summed E-state index contributed by atoms with van der Waals surface area (Å²) in [5, 5.41) is 4.28. The number of carbonyl (C=O) groups excluding carboxylic acids is 1. The van der Waals surface area contributed by atoms with E-state index in [4.69, 9.17) is 10.7 Å². The van der Waals surface area contributed by atoms with Crippen molar-refractivity contribution in [3.05, 3.63) is 82.6 Å². The van der Waals surface area contributed by atoms with Crippen molar-refractivity contribution in [2.24, 2.45) is 14.1 Å². The zero-order valence-electron chi connectivity index (χ0n) is 27.1. The van der Waals surface area contributed by atoms with E-state index >= 15 is 0 Å². The van der Waals surface area contributed by atoms with E-state index in [1.807, 2.05) is 49.0 Å². The summed E-state index contributed by atoms with van der Waals surface area (Å²) in [5.41, 5.74) is 11.7. The van der Waals surface area contributed by atoms with Crippen molar-refractivity contribution in [2.45, 2.75) is 62.3 Å². The molecule has 1 amide bonds. The molecule has 0 bridgehead atoms. The highest BCUT2D eigenvalue weighted by Crippen LogP contribution is 2.47. The van der Waals surface area contributed by atoms with Gasteiger partial charge >= 0.3 is 0 Å². The van der Waals surface area contributed by atoms with Crippen LogP contribution in [0.5, 0.6) is 0 Å². The molecule has 13 heteroatoms. The number of rotatable bonds is 6. The lowest BCUT2D eigenvalue weighted by Crippen LogP contribution is -2.52. The lowest BCUT2D eigenvalue weighted by molar-refractivity contribution is -0.0381. The van der Waals surface area contributed by atoms with E-state index in [1.54, 1.807) is 24.8 Å². The number of fused-ring (bicyclic) bond motifs is 2. The summed E-state index contributed by atoms with van der Waals surface area (Å²) in [6.45, 7) is 0. The molecule has 6 aromatic rings. The van der Waals surface area contributed by atoms with Crippen molar-refractivity contribution < 1.29 is 13.6 Å². The summed E-state index contributed by atoms with van der Waals surface area (Å²) in [4.78, 5) is 36.5. The third-order valence-electron chi connectivity index (χ3n) is 10.3. The largest absolute Gasteiger partial charge is 0.368 e. The van der Waals surface area contributed by atoms with E-state index in [2.05, 4.69) is 51.8 Å². The Hall–Kier alpha value is -4.78. The SMILES string of the molecule is Cn1c(C2(NC(=O)c3ccc4c(C5CCC(F)(F)CC5)c(-c5ncc(Br)cn5)n(C)c4c3)CCC2)nc2ccc(-c3cnc(N)nc3)cc21. The molecule has 8 rings (SSSR count). The van der Waals surface area contributed by atoms with E-state index in [-0.39, 0.29) is 30.6 Å². The van der Waals surface area contributed by atoms with Crippen molar-refractivity contribution >= 4 is 49.7 Å². The van der Waals surface area contributed by atoms with Crippen LogP contribution < -0.4 is 11.1 Å². The van der Waals surface area contributed by atoms with Crippen LogP contribution in [-0.2, 0) is 19.6 Å². The summed E-state index contributed by atoms with van der Waals surface area (Å²) in [6.07, 6.45) is 9.69. The molecular weight excluding hydrogens is 692 g/mol. The average molecular weight is 727 g/mol. The van der Waals surface area contributed by atoms with Crippen LogP contribution in [-0.4, -0.2) is 45.9 Å². The fourth-order valence-electron chi connectivity index (χ4n) is 7.56. The summed E-state index contributed by atoms with van der Waals surface area (Å²) in [7, 11) is 3.90. The second-order valence-electron chi connectivity index (χ2n) is 13.3. The molecule has 0 unspecified atom stereocenters. The molecule has 2 aliphatic rings. The van der Waals surface area contributed by atoms with Crippen molar-refractivity contribution in [2.75, 3.05) is 5.73 Å². The molecule has 2 aromatic carbocycles. The minimum atomic E-state index is -2.65. The number of aryl methyl sites for hydroxylation is 2. The summed E-state index contributed by atoms with van der Waals surface area (Å²) < 4.78 is 33.2. The van der Waals surface area contributed by atoms with Crippen LogP contribution in [0.4, 0.5) is 14.7 Å². The Morgan fingerprint density at radius 3 is 2.29 bits per heavy atom. The van der Waals surface area contributed by atoms with Gasteiger partial charge in [-0.05, 0) is 89.3 Å². The number of nitrogens with one attached hydrogen (secondary N) is 1. The molecule has 49 heavy (non-hydrogen) atoms. The first-order valence-electron chi connectivity index (χ1n) is 16.4. The first kappa shape index (κ1) is 31.5. The number of hydrogen-bond acceptors (Lipinski definition) is 7. The third-order valence-corrected chi connectivity index (χ3v) is 10.7. The molecule has 0 saturated heterocycles. The number of nitrogen functional groups attached to an aromatic ring is 1. The van der Waals surface area contributed by atoms with Crippen LogP contribution >= 0.6 is 15.9 Å². The van der Waals surface area contributed by atoms with Gasteiger partial charge in [0.2, 0.25) is 11.9 Å². The van der Waals surface area contributed by atoms with E-state index in [9.17, 15) is 13.6 Å². The Morgan fingerprint density at radius 2 is 1.61 bits per heavy atom. The Labute approximate surface area is 289 Å². The average Bonchev–Trinajstić information content (AvgIpc) is 3.56. The number of imidazole rings is 1. The maximum Gasteiger partial charge on any atom is 0.252 e. The number of halogens is 3. The first-order chi connectivity index (χ1) is 23.5. The normalized spacial score (nSPS) is 17.3. The highest BCUT2D eigenvalue weighted by Gasteiger charge is 2.44. The quantitative estimate of drug-likeness (QED) is 0.183. The smallest absolute Gasteiger partial charge is 0.252 e. The molecule has 0 radical (unpaired) electrons. The Bertz CT molecular complexity index is 2230. The van der Waals surface area contributed by atoms with Crippen LogP contribution in [0.15, 0.2) is 65.7 Å². The number of aromatic nitrogens is 7. The van der Waals surface area contributed by atoms with Gasteiger partial charge in [-0.1, -0.05) is 12.1 Å². The highest BCUT2D eigenvalue weighted by molar-refractivity contribution is 9.10. The molecule has 4 heterocycles. The lowest BCUT2D eigenvalue weighted by Gasteiger charge is -2.41. The number of anilines is 1. The Morgan fingerprint density at radius 1 is 0.898 bits per heavy atom. The maximum atomic E-state index is 14.2. The number of amides is 1. The van der Waals surface area contributed by atoms with Crippen molar-refractivity contribution in [1.82, 2.24) is 39.4 Å². The maximum absolute atomic E-state index is 14.2. The zero-order valence-corrected chi connectivity index (χ0v) is 28.6. The molecule has 3 N–H and O–H groups in total. The van der Waals surface area contributed by atoms with Gasteiger partial charge in [0.1, 0.15) is 5.82 Å². The highest BCUT2D eigenvalue weighted by atomic mass is 79.9. The van der Waals surface area contributed by atoms with Crippen molar-refractivity contribution in [3.63, 3.8) is 0 Å². The second kappa shape index (κ2) is 11.7. The van der Waals surface area contributed by atoms with Crippen LogP contribution in [0.25, 0.3) is 44.6 Å². The molecule has 2 aliphatic carbocycles. The minimum absolute atomic E-state index is 0.0749. The number of nitrogens with zero attached hydrogens (tertiary/aromatic N) is 7. The van der Waals surface area contributed by atoms with Gasteiger partial charge < -0.3 is 20.2 Å². The molecule has 2 saturated carbocycles. The van der Waals surface area contributed by atoms with Gasteiger partial charge in [-0.25, -0.2) is 33.7 Å². The second-order valence-corrected chi connectivity index (χ2v) is 14.2. The summed E-state index contributed by atoms with van der Waals surface area (Å²) in [6, 6.07) is 11.7. The fraction of sp³-hybridized carbons (Fsp3) is 0.333. The number of hydrogen-bond donors (Lipinski definition) is 2. The Balaban J connectivity index is 1.14. The number of benzene rings is 2. The van der Waals surface area contributed by atoms with Crippen LogP contribution in [0, 0.1) is 0 Å². The molecule has 0 aliphatic heterocycles. The molecule has 4 aromatic heterocycles. The van der Waals surface area contributed by atoms with Crippen LogP contribution in [0.1, 0.15) is 72.6 Å². The van der Waals surface area contributed by atoms with Gasteiger partial charge in [-0.15, -0.1) is 0 Å². The van der Waals surface area contributed by atoms with Crippen molar-refractivity contribution in [3.8, 4) is 22.6 Å². The van der Waals surface area contributed by atoms with Gasteiger partial charge in [0.05, 0.1) is 26.7 Å². The standard InChI is InChI=1S/C36H34BrF2N9O/c1-47-27-15-22(4-6-25(27)29(20-8-12-36(38,39)13-9-20)30(47)31-41-18-24(37)19-42-31)32(49)46-35(10-3-11-35)33-45-26-7-5-21(14-28(26)48(33)2)23-16-43-34(40)44-17-23/h4-7,14-20H,3,8-13H2,1-2H3,(H,46,49)(H2,40,43,44). The van der Waals surface area contributed by atoms with E-state index in [1.165, 1.54) is 0 Å². The van der Waals surface area contributed by atoms with Crippen molar-refractivity contribution in [1.29, 1.82) is 0 Å². The first-order valence-corrected chi connectivity index (χ1v) is 17.2. The number of carbonyl (C=O) groups is 1. The lowest BCUT2D eigenvalue weighted by atomic mass is 9.75. The van der Waals surface area contributed by atoms with Gasteiger partial charge in [0.15, 0.2) is 5.82 Å². The summed E-state index contributed by atoms with van der Waals surface area (Å²) in [5.74, 6) is -1.38. The predicted molar refractivity (Wildman–Crippen MR) is 187 cm³/mol. The molecular formula is C36H34BrF2N9O. The molecule has 0 atom stereocenters. The van der Waals surface area contributed by atoms with Gasteiger partial charge in [0, 0.05) is 73.8 Å². The molecule has 0 spiro atoms. The third kappa shape index (κ3) is 5.44. The zero-order chi connectivity index (χ0) is 34.1. The fourth-order valence-corrected chi connectivity index (χ4v) is 7.77. The monoisotopic (exact) mass is 725 g/mol. The van der Waals surface area contributed by atoms with Gasteiger partial charge in [-0.2, -0.15) is 0 Å². The van der Waals surface area contributed by atoms with E-state index in [0.717, 1.165) is 73.9 Å². The van der Waals surface area contributed by atoms with Crippen LogP contribution in [0.2, 0.25) is 0 Å². The van der Waals surface area contributed by atoms with Crippen LogP contribution in [0.3, 0.4) is 0 Å². The topological polar surface area (TPSA) is 129 Å². The summed E-state index contributed by atoms with van der Waals surface area (Å²) >= 11 is 3.41. The Kier molecular flexibility index (Phi) is 7.50. The number of nitrogens with two attached hydrogens (primary N) is 1. The molecule has 250 valence electrons. The van der Waals surface area contributed by atoms with E-state index in [0.29, 0.717) is 24.2 Å². The molecule has 2 fully saturated rings. The predicted octanol–water partition coefficient (Wildman–Crippen LogP) is 7.43. The minimum Gasteiger partial charge on any atom is -0.368 e. The van der Waals surface area contributed by atoms with E-state index < -0.39 is 11.5 Å². The van der Waals surface area contributed by atoms with Gasteiger partial charge in [0.25, 0.3) is 5.91 Å².